The van der Waals surface area contributed by atoms with Crippen molar-refractivity contribution in [2.45, 2.75) is 44.6 Å². The highest BCUT2D eigenvalue weighted by Gasteiger charge is 2.20. The molecule has 92 valence electrons. The van der Waals surface area contributed by atoms with Crippen molar-refractivity contribution in [2.24, 2.45) is 0 Å². The fourth-order valence-electron chi connectivity index (χ4n) is 3.09. The monoisotopic (exact) mass is 230 g/mol. The maximum atomic E-state index is 3.73. The van der Waals surface area contributed by atoms with E-state index in [-0.39, 0.29) is 0 Å². The van der Waals surface area contributed by atoms with Crippen molar-refractivity contribution in [3.8, 4) is 0 Å². The first-order valence-electron chi connectivity index (χ1n) is 7.00. The maximum absolute atomic E-state index is 3.73. The topological polar surface area (TPSA) is 15.3 Å². The molecule has 1 fully saturated rings. The zero-order chi connectivity index (χ0) is 11.5. The van der Waals surface area contributed by atoms with Gasteiger partial charge < -0.3 is 0 Å². The number of hydrazine groups is 1. The quantitative estimate of drug-likeness (QED) is 0.840. The van der Waals surface area contributed by atoms with Gasteiger partial charge in [0.15, 0.2) is 0 Å². The maximum Gasteiger partial charge on any atom is 0.0258 e. The number of aryl methyl sites for hydroxylation is 1. The van der Waals surface area contributed by atoms with Crippen LogP contribution in [-0.4, -0.2) is 24.1 Å². The highest BCUT2D eigenvalue weighted by atomic mass is 15.5. The van der Waals surface area contributed by atoms with Crippen LogP contribution in [0, 0.1) is 0 Å². The number of hydrogen-bond acceptors (Lipinski definition) is 2. The zero-order valence-electron chi connectivity index (χ0n) is 10.5. The summed E-state index contributed by atoms with van der Waals surface area (Å²) < 4.78 is 0. The SMILES string of the molecule is c1ccc2c(c1)CCC(NN1CCCCC1)C2. The fraction of sp³-hybridized carbons (Fsp3) is 0.600. The van der Waals surface area contributed by atoms with Gasteiger partial charge in [0, 0.05) is 19.1 Å². The largest absolute Gasteiger partial charge is 0.252 e. The Kier molecular flexibility index (Phi) is 3.44. The van der Waals surface area contributed by atoms with Gasteiger partial charge >= 0.3 is 0 Å². The third-order valence-electron chi connectivity index (χ3n) is 4.07. The molecule has 3 rings (SSSR count). The number of piperidine rings is 1. The number of rotatable bonds is 2. The van der Waals surface area contributed by atoms with Gasteiger partial charge in [-0.3, -0.25) is 5.43 Å². The summed E-state index contributed by atoms with van der Waals surface area (Å²) in [5.41, 5.74) is 6.84. The Morgan fingerprint density at radius 3 is 2.59 bits per heavy atom. The van der Waals surface area contributed by atoms with Crippen molar-refractivity contribution in [3.05, 3.63) is 35.4 Å². The Hall–Kier alpha value is -0.860. The molecule has 1 atom stereocenters. The van der Waals surface area contributed by atoms with E-state index in [4.69, 9.17) is 0 Å². The number of nitrogens with one attached hydrogen (secondary N) is 1. The van der Waals surface area contributed by atoms with E-state index >= 15 is 0 Å². The molecule has 0 bridgehead atoms. The summed E-state index contributed by atoms with van der Waals surface area (Å²) in [7, 11) is 0. The summed E-state index contributed by atoms with van der Waals surface area (Å²) >= 11 is 0. The molecular weight excluding hydrogens is 208 g/mol. The molecule has 1 aliphatic carbocycles. The van der Waals surface area contributed by atoms with Crippen molar-refractivity contribution < 1.29 is 0 Å². The number of hydrogen-bond donors (Lipinski definition) is 1. The third kappa shape index (κ3) is 2.70. The average molecular weight is 230 g/mol. The minimum atomic E-state index is 0.656. The third-order valence-corrected chi connectivity index (χ3v) is 4.07. The second-order valence-corrected chi connectivity index (χ2v) is 5.39. The molecule has 0 amide bonds. The molecule has 1 aliphatic heterocycles. The Balaban J connectivity index is 1.60. The van der Waals surface area contributed by atoms with Crippen molar-refractivity contribution >= 4 is 0 Å². The number of benzene rings is 1. The van der Waals surface area contributed by atoms with Crippen molar-refractivity contribution in [2.75, 3.05) is 13.1 Å². The summed E-state index contributed by atoms with van der Waals surface area (Å²) in [5, 5.41) is 2.45. The van der Waals surface area contributed by atoms with Crippen LogP contribution in [0.5, 0.6) is 0 Å². The minimum Gasteiger partial charge on any atom is -0.252 e. The molecule has 1 saturated heterocycles. The van der Waals surface area contributed by atoms with Crippen LogP contribution in [0.3, 0.4) is 0 Å². The van der Waals surface area contributed by atoms with E-state index in [1.807, 2.05) is 0 Å². The van der Waals surface area contributed by atoms with Gasteiger partial charge in [-0.05, 0) is 43.2 Å². The molecule has 1 aromatic carbocycles. The van der Waals surface area contributed by atoms with Gasteiger partial charge in [0.25, 0.3) is 0 Å². The van der Waals surface area contributed by atoms with E-state index < -0.39 is 0 Å². The molecule has 0 aromatic heterocycles. The van der Waals surface area contributed by atoms with E-state index in [9.17, 15) is 0 Å². The van der Waals surface area contributed by atoms with Crippen molar-refractivity contribution in [1.82, 2.24) is 10.4 Å². The summed E-state index contributed by atoms with van der Waals surface area (Å²) in [4.78, 5) is 0. The van der Waals surface area contributed by atoms with Crippen LogP contribution < -0.4 is 5.43 Å². The molecule has 2 heteroatoms. The predicted molar refractivity (Wildman–Crippen MR) is 70.8 cm³/mol. The fourth-order valence-corrected chi connectivity index (χ4v) is 3.09. The van der Waals surface area contributed by atoms with E-state index in [0.29, 0.717) is 6.04 Å². The minimum absolute atomic E-state index is 0.656. The Morgan fingerprint density at radius 1 is 1.00 bits per heavy atom. The first kappa shape index (κ1) is 11.2. The summed E-state index contributed by atoms with van der Waals surface area (Å²) in [6.07, 6.45) is 7.85. The molecule has 2 aliphatic rings. The molecule has 1 heterocycles. The van der Waals surface area contributed by atoms with Crippen LogP contribution in [0.2, 0.25) is 0 Å². The average Bonchev–Trinajstić information content (AvgIpc) is 2.40. The van der Waals surface area contributed by atoms with Gasteiger partial charge in [-0.2, -0.15) is 0 Å². The molecule has 0 spiro atoms. The van der Waals surface area contributed by atoms with E-state index in [1.165, 1.54) is 51.6 Å². The van der Waals surface area contributed by atoms with Crippen molar-refractivity contribution in [3.63, 3.8) is 0 Å². The van der Waals surface area contributed by atoms with Gasteiger partial charge in [0.1, 0.15) is 0 Å². The highest BCUT2D eigenvalue weighted by molar-refractivity contribution is 5.30. The smallest absolute Gasteiger partial charge is 0.0258 e. The molecule has 1 N–H and O–H groups in total. The lowest BCUT2D eigenvalue weighted by Crippen LogP contribution is -2.49. The molecule has 0 saturated carbocycles. The molecule has 17 heavy (non-hydrogen) atoms. The van der Waals surface area contributed by atoms with Gasteiger partial charge in [-0.25, -0.2) is 5.01 Å². The zero-order valence-corrected chi connectivity index (χ0v) is 10.5. The predicted octanol–water partition coefficient (Wildman–Crippen LogP) is 2.53. The van der Waals surface area contributed by atoms with Gasteiger partial charge in [-0.15, -0.1) is 0 Å². The molecule has 1 aromatic rings. The summed E-state index contributed by atoms with van der Waals surface area (Å²) in [5.74, 6) is 0. The van der Waals surface area contributed by atoms with Crippen LogP contribution in [0.1, 0.15) is 36.8 Å². The molecule has 2 nitrogen and oxygen atoms in total. The van der Waals surface area contributed by atoms with Crippen LogP contribution in [-0.2, 0) is 12.8 Å². The van der Waals surface area contributed by atoms with E-state index in [0.717, 1.165) is 0 Å². The first-order valence-corrected chi connectivity index (χ1v) is 7.00. The van der Waals surface area contributed by atoms with Gasteiger partial charge in [-0.1, -0.05) is 30.7 Å². The van der Waals surface area contributed by atoms with Gasteiger partial charge in [0.05, 0.1) is 0 Å². The lowest BCUT2D eigenvalue weighted by Gasteiger charge is -2.34. The summed E-state index contributed by atoms with van der Waals surface area (Å²) in [6.45, 7) is 2.47. The molecule has 1 unspecified atom stereocenters. The Bertz CT molecular complexity index is 369. The second kappa shape index (κ2) is 5.19. The second-order valence-electron chi connectivity index (χ2n) is 5.39. The van der Waals surface area contributed by atoms with Crippen LogP contribution in [0.4, 0.5) is 0 Å². The highest BCUT2D eigenvalue weighted by Crippen LogP contribution is 2.21. The first-order chi connectivity index (χ1) is 8.42. The van der Waals surface area contributed by atoms with Crippen LogP contribution >= 0.6 is 0 Å². The number of fused-ring (bicyclic) bond motifs is 1. The van der Waals surface area contributed by atoms with Crippen LogP contribution in [0.25, 0.3) is 0 Å². The Labute approximate surface area is 104 Å². The number of nitrogens with zero attached hydrogens (tertiary/aromatic N) is 1. The lowest BCUT2D eigenvalue weighted by atomic mass is 9.89. The van der Waals surface area contributed by atoms with Gasteiger partial charge in [0.2, 0.25) is 0 Å². The molecule has 0 radical (unpaired) electrons. The van der Waals surface area contributed by atoms with Crippen LogP contribution in [0.15, 0.2) is 24.3 Å². The molecular formula is C15H22N2. The van der Waals surface area contributed by atoms with E-state index in [2.05, 4.69) is 34.7 Å². The summed E-state index contributed by atoms with van der Waals surface area (Å²) in [6, 6.07) is 9.56. The van der Waals surface area contributed by atoms with Crippen molar-refractivity contribution in [1.29, 1.82) is 0 Å². The Morgan fingerprint density at radius 2 is 1.76 bits per heavy atom. The van der Waals surface area contributed by atoms with E-state index in [1.54, 1.807) is 11.1 Å². The lowest BCUT2D eigenvalue weighted by molar-refractivity contribution is 0.123. The normalized spacial score (nSPS) is 25.5. The standard InChI is InChI=1S/C15H22N2/c1-4-10-17(11-5-1)16-15-9-8-13-6-2-3-7-14(13)12-15/h2-3,6-7,15-16H,1,4-5,8-12H2.